The summed E-state index contributed by atoms with van der Waals surface area (Å²) in [6.45, 7) is 0. The van der Waals surface area contributed by atoms with Crippen LogP contribution in [0.1, 0.15) is 6.04 Å². The molecule has 0 amide bonds. The van der Waals surface area contributed by atoms with E-state index >= 15 is 0 Å². The zero-order chi connectivity index (χ0) is 12.2. The fraction of sp³-hybridized carbons (Fsp3) is 0.375. The molecule has 1 saturated heterocycles. The molecule has 0 aliphatic carbocycles. The maximum Gasteiger partial charge on any atom is 0.290 e. The number of hydrogen-bond acceptors (Lipinski definition) is 4. The number of nitrogens with zero attached hydrogens (tertiary/aromatic N) is 2. The van der Waals surface area contributed by atoms with E-state index < -0.39 is 21.9 Å². The Kier molecular flexibility index (Phi) is 2.33. The van der Waals surface area contributed by atoms with Crippen molar-refractivity contribution in [3.63, 3.8) is 0 Å². The highest BCUT2D eigenvalue weighted by Crippen LogP contribution is 2.27. The van der Waals surface area contributed by atoms with Gasteiger partial charge in [0.1, 0.15) is 5.52 Å². The Morgan fingerprint density at radius 2 is 1.94 bits per heavy atom. The maximum atomic E-state index is 11.7. The third-order valence-electron chi connectivity index (χ3n) is 2.71. The van der Waals surface area contributed by atoms with Crippen LogP contribution in [0.4, 0.5) is 0 Å². The van der Waals surface area contributed by atoms with E-state index in [1.165, 1.54) is 0 Å². The van der Waals surface area contributed by atoms with Crippen LogP contribution in [-0.2, 0) is 10.8 Å². The molecule has 17 heavy (non-hydrogen) atoms. The van der Waals surface area contributed by atoms with Crippen LogP contribution in [0.5, 0.6) is 0 Å². The van der Waals surface area contributed by atoms with Gasteiger partial charge >= 0.3 is 0 Å². The standard InChI is InChI=1S/C8H7BrN4O3S/c9-8-10-4-5(7(15)12-11-6(4)14)13(8)3-1-17(16)2-3/h3H,1-2H2,(H,11,14)(H,12,15). The van der Waals surface area contributed by atoms with Gasteiger partial charge in [0.25, 0.3) is 11.1 Å². The minimum absolute atomic E-state index is 0.0434. The van der Waals surface area contributed by atoms with Crippen molar-refractivity contribution in [1.82, 2.24) is 19.7 Å². The molecule has 0 spiro atoms. The first kappa shape index (κ1) is 10.9. The molecule has 1 aliphatic rings. The highest BCUT2D eigenvalue weighted by Gasteiger charge is 2.31. The fourth-order valence-corrected chi connectivity index (χ4v) is 3.58. The zero-order valence-corrected chi connectivity index (χ0v) is 10.8. The molecule has 0 saturated carbocycles. The fourth-order valence-electron chi connectivity index (χ4n) is 1.88. The number of fused-ring (bicyclic) bond motifs is 1. The summed E-state index contributed by atoms with van der Waals surface area (Å²) in [4.78, 5) is 27.2. The van der Waals surface area contributed by atoms with Crippen LogP contribution < -0.4 is 11.1 Å². The Balaban J connectivity index is 2.34. The van der Waals surface area contributed by atoms with Crippen molar-refractivity contribution < 1.29 is 4.21 Å². The lowest BCUT2D eigenvalue weighted by molar-refractivity contribution is 0.559. The minimum atomic E-state index is -0.837. The van der Waals surface area contributed by atoms with Gasteiger partial charge in [-0.15, -0.1) is 0 Å². The lowest BCUT2D eigenvalue weighted by Gasteiger charge is -2.26. The quantitative estimate of drug-likeness (QED) is 0.738. The van der Waals surface area contributed by atoms with Gasteiger partial charge in [-0.25, -0.2) is 4.98 Å². The van der Waals surface area contributed by atoms with Crippen LogP contribution in [-0.4, -0.2) is 35.5 Å². The lowest BCUT2D eigenvalue weighted by Crippen LogP contribution is -2.35. The summed E-state index contributed by atoms with van der Waals surface area (Å²) in [6, 6.07) is -0.0434. The van der Waals surface area contributed by atoms with Gasteiger partial charge in [-0.05, 0) is 15.9 Å². The van der Waals surface area contributed by atoms with Gasteiger partial charge in [-0.2, -0.15) is 0 Å². The van der Waals surface area contributed by atoms with E-state index in [4.69, 9.17) is 0 Å². The Morgan fingerprint density at radius 3 is 2.59 bits per heavy atom. The van der Waals surface area contributed by atoms with Crippen molar-refractivity contribution in [2.24, 2.45) is 0 Å². The normalized spacial score (nSPS) is 23.8. The van der Waals surface area contributed by atoms with Crippen molar-refractivity contribution >= 4 is 37.8 Å². The molecule has 0 aromatic carbocycles. The van der Waals surface area contributed by atoms with Gasteiger partial charge in [0.15, 0.2) is 10.3 Å². The Morgan fingerprint density at radius 1 is 1.29 bits per heavy atom. The topological polar surface area (TPSA) is 101 Å². The van der Waals surface area contributed by atoms with Gasteiger partial charge < -0.3 is 4.57 Å². The first-order chi connectivity index (χ1) is 8.08. The van der Waals surface area contributed by atoms with Gasteiger partial charge in [-0.3, -0.25) is 24.0 Å². The molecule has 9 heteroatoms. The van der Waals surface area contributed by atoms with E-state index in [2.05, 4.69) is 31.1 Å². The summed E-state index contributed by atoms with van der Waals surface area (Å²) in [7, 11) is -0.837. The second kappa shape index (κ2) is 3.64. The number of aromatic amines is 2. The second-order valence-corrected chi connectivity index (χ2v) is 6.04. The van der Waals surface area contributed by atoms with E-state index in [9.17, 15) is 13.8 Å². The average Bonchev–Trinajstić information content (AvgIpc) is 2.58. The summed E-state index contributed by atoms with van der Waals surface area (Å²) >= 11 is 3.22. The first-order valence-electron chi connectivity index (χ1n) is 4.81. The number of nitrogens with one attached hydrogen (secondary N) is 2. The second-order valence-electron chi connectivity index (χ2n) is 3.78. The molecule has 3 heterocycles. The van der Waals surface area contributed by atoms with Crippen LogP contribution >= 0.6 is 15.9 Å². The molecule has 2 aromatic rings. The Hall–Kier alpha value is -1.22. The number of halogens is 1. The molecule has 2 aromatic heterocycles. The maximum absolute atomic E-state index is 11.7. The van der Waals surface area contributed by atoms with Crippen molar-refractivity contribution in [3.05, 3.63) is 25.4 Å². The highest BCUT2D eigenvalue weighted by atomic mass is 79.9. The molecule has 0 atom stereocenters. The van der Waals surface area contributed by atoms with Crippen molar-refractivity contribution in [2.45, 2.75) is 6.04 Å². The van der Waals surface area contributed by atoms with E-state index in [1.807, 2.05) is 0 Å². The van der Waals surface area contributed by atoms with Crippen LogP contribution in [0.25, 0.3) is 11.0 Å². The molecular formula is C8H7BrN4O3S. The van der Waals surface area contributed by atoms with Gasteiger partial charge in [0.2, 0.25) is 0 Å². The van der Waals surface area contributed by atoms with Crippen LogP contribution in [0.15, 0.2) is 14.3 Å². The van der Waals surface area contributed by atoms with E-state index in [1.54, 1.807) is 4.57 Å². The number of imidazole rings is 1. The number of hydrogen-bond donors (Lipinski definition) is 2. The molecule has 7 nitrogen and oxygen atoms in total. The SMILES string of the molecule is O=c1[nH][nH]c(=O)c2c1nc(Br)n2C1CS(=O)C1. The van der Waals surface area contributed by atoms with Crippen LogP contribution in [0, 0.1) is 0 Å². The molecule has 90 valence electrons. The van der Waals surface area contributed by atoms with Crippen molar-refractivity contribution in [3.8, 4) is 0 Å². The Bertz CT molecular complexity index is 737. The summed E-state index contributed by atoms with van der Waals surface area (Å²) < 4.78 is 13.2. The van der Waals surface area contributed by atoms with Gasteiger partial charge in [0.05, 0.1) is 6.04 Å². The summed E-state index contributed by atoms with van der Waals surface area (Å²) in [5.41, 5.74) is -0.532. The van der Waals surface area contributed by atoms with E-state index in [-0.39, 0.29) is 17.1 Å². The summed E-state index contributed by atoms with van der Waals surface area (Å²) in [6.07, 6.45) is 0. The molecule has 1 fully saturated rings. The highest BCUT2D eigenvalue weighted by molar-refractivity contribution is 9.10. The van der Waals surface area contributed by atoms with Gasteiger partial charge in [-0.1, -0.05) is 0 Å². The number of H-pyrrole nitrogens is 2. The van der Waals surface area contributed by atoms with Gasteiger partial charge in [0, 0.05) is 22.3 Å². The minimum Gasteiger partial charge on any atom is -0.309 e. The van der Waals surface area contributed by atoms with Crippen molar-refractivity contribution in [1.29, 1.82) is 0 Å². The predicted octanol–water partition coefficient (Wildman–Crippen LogP) is -0.521. The van der Waals surface area contributed by atoms with E-state index in [0.717, 1.165) is 0 Å². The molecule has 0 unspecified atom stereocenters. The van der Waals surface area contributed by atoms with Crippen LogP contribution in [0.2, 0.25) is 0 Å². The molecular weight excluding hydrogens is 312 g/mol. The van der Waals surface area contributed by atoms with E-state index in [0.29, 0.717) is 16.2 Å². The van der Waals surface area contributed by atoms with Crippen LogP contribution in [0.3, 0.4) is 0 Å². The smallest absolute Gasteiger partial charge is 0.290 e. The molecule has 2 N–H and O–H groups in total. The first-order valence-corrected chi connectivity index (χ1v) is 7.09. The Labute approximate surface area is 105 Å². The van der Waals surface area contributed by atoms with Crippen molar-refractivity contribution in [2.75, 3.05) is 11.5 Å². The molecule has 0 radical (unpaired) electrons. The molecule has 3 rings (SSSR count). The average molecular weight is 319 g/mol. The third kappa shape index (κ3) is 1.53. The summed E-state index contributed by atoms with van der Waals surface area (Å²) in [5, 5.41) is 4.48. The number of aromatic nitrogens is 4. The largest absolute Gasteiger partial charge is 0.309 e. The summed E-state index contributed by atoms with van der Waals surface area (Å²) in [5.74, 6) is 0.965. The molecule has 1 aliphatic heterocycles. The number of rotatable bonds is 1. The zero-order valence-electron chi connectivity index (χ0n) is 8.40. The predicted molar refractivity (Wildman–Crippen MR) is 65.6 cm³/mol. The lowest BCUT2D eigenvalue weighted by atomic mass is 10.3. The molecule has 0 bridgehead atoms. The third-order valence-corrected chi connectivity index (χ3v) is 4.78. The monoisotopic (exact) mass is 318 g/mol.